The van der Waals surface area contributed by atoms with E-state index in [0.29, 0.717) is 13.2 Å². The molecule has 21 heavy (non-hydrogen) atoms. The number of carbonyl (C=O) groups excluding carboxylic acids is 1. The van der Waals surface area contributed by atoms with Gasteiger partial charge in [-0.05, 0) is 37.8 Å². The van der Waals surface area contributed by atoms with Crippen LogP contribution in [0.25, 0.3) is 0 Å². The first-order valence-electron chi connectivity index (χ1n) is 7.70. The molecule has 118 valence electrons. The van der Waals surface area contributed by atoms with Gasteiger partial charge in [-0.25, -0.2) is 0 Å². The Labute approximate surface area is 128 Å². The highest BCUT2D eigenvalue weighted by Crippen LogP contribution is 2.14. The van der Waals surface area contributed by atoms with Gasteiger partial charge < -0.3 is 10.1 Å². The number of hydrogen-bond acceptors (Lipinski definition) is 3. The zero-order valence-electron chi connectivity index (χ0n) is 13.6. The number of amides is 1. The van der Waals surface area contributed by atoms with Crippen LogP contribution in [0.1, 0.15) is 44.4 Å². The lowest BCUT2D eigenvalue weighted by Crippen LogP contribution is -2.43. The SMILES string of the molecule is CCc1ccc(C(C)NC(C)C(=O)NCCCOC)cc1. The molecular formula is C17H28N2O2. The van der Waals surface area contributed by atoms with Crippen molar-refractivity contribution in [2.45, 2.75) is 45.7 Å². The summed E-state index contributed by atoms with van der Waals surface area (Å²) in [5.41, 5.74) is 2.53. The largest absolute Gasteiger partial charge is 0.385 e. The van der Waals surface area contributed by atoms with Crippen LogP contribution in [0.3, 0.4) is 0 Å². The minimum atomic E-state index is -0.214. The highest BCUT2D eigenvalue weighted by atomic mass is 16.5. The number of rotatable bonds is 9. The molecule has 0 saturated carbocycles. The van der Waals surface area contributed by atoms with Gasteiger partial charge in [0.2, 0.25) is 5.91 Å². The van der Waals surface area contributed by atoms with Crippen LogP contribution in [0.4, 0.5) is 0 Å². The predicted molar refractivity (Wildman–Crippen MR) is 86.3 cm³/mol. The van der Waals surface area contributed by atoms with E-state index < -0.39 is 0 Å². The van der Waals surface area contributed by atoms with Crippen LogP contribution in [0.2, 0.25) is 0 Å². The topological polar surface area (TPSA) is 50.4 Å². The van der Waals surface area contributed by atoms with Crippen molar-refractivity contribution >= 4 is 5.91 Å². The Morgan fingerprint density at radius 3 is 2.48 bits per heavy atom. The molecule has 2 N–H and O–H groups in total. The van der Waals surface area contributed by atoms with Gasteiger partial charge in [-0.15, -0.1) is 0 Å². The fourth-order valence-corrected chi connectivity index (χ4v) is 2.17. The van der Waals surface area contributed by atoms with Crippen molar-refractivity contribution in [1.82, 2.24) is 10.6 Å². The second kappa shape index (κ2) is 9.53. The Morgan fingerprint density at radius 1 is 1.24 bits per heavy atom. The smallest absolute Gasteiger partial charge is 0.236 e. The summed E-state index contributed by atoms with van der Waals surface area (Å²) in [4.78, 5) is 12.0. The second-order valence-corrected chi connectivity index (χ2v) is 5.34. The Hall–Kier alpha value is -1.39. The summed E-state index contributed by atoms with van der Waals surface area (Å²) >= 11 is 0. The number of nitrogens with one attached hydrogen (secondary N) is 2. The quantitative estimate of drug-likeness (QED) is 0.687. The van der Waals surface area contributed by atoms with E-state index in [4.69, 9.17) is 4.74 Å². The second-order valence-electron chi connectivity index (χ2n) is 5.34. The van der Waals surface area contributed by atoms with E-state index in [1.165, 1.54) is 11.1 Å². The zero-order chi connectivity index (χ0) is 15.7. The lowest BCUT2D eigenvalue weighted by Gasteiger charge is -2.20. The molecule has 1 amide bonds. The van der Waals surface area contributed by atoms with E-state index >= 15 is 0 Å². The fraction of sp³-hybridized carbons (Fsp3) is 0.588. The van der Waals surface area contributed by atoms with Crippen LogP contribution in [0, 0.1) is 0 Å². The molecule has 4 nitrogen and oxygen atoms in total. The summed E-state index contributed by atoms with van der Waals surface area (Å²) < 4.78 is 4.96. The summed E-state index contributed by atoms with van der Waals surface area (Å²) in [6.07, 6.45) is 1.88. The molecule has 0 aliphatic heterocycles. The number of methoxy groups -OCH3 is 1. The number of hydrogen-bond donors (Lipinski definition) is 2. The van der Waals surface area contributed by atoms with Crippen molar-refractivity contribution in [3.63, 3.8) is 0 Å². The van der Waals surface area contributed by atoms with E-state index in [9.17, 15) is 4.79 Å². The average Bonchev–Trinajstić information content (AvgIpc) is 2.51. The summed E-state index contributed by atoms with van der Waals surface area (Å²) in [7, 11) is 1.66. The molecule has 2 atom stereocenters. The normalized spacial score (nSPS) is 13.7. The molecular weight excluding hydrogens is 264 g/mol. The van der Waals surface area contributed by atoms with Crippen LogP contribution in [-0.2, 0) is 16.0 Å². The van der Waals surface area contributed by atoms with Gasteiger partial charge in [-0.2, -0.15) is 0 Å². The molecule has 2 unspecified atom stereocenters. The third-order valence-corrected chi connectivity index (χ3v) is 3.61. The average molecular weight is 292 g/mol. The Bertz CT molecular complexity index is 417. The first-order valence-corrected chi connectivity index (χ1v) is 7.70. The van der Waals surface area contributed by atoms with Crippen molar-refractivity contribution in [3.8, 4) is 0 Å². The van der Waals surface area contributed by atoms with E-state index in [1.54, 1.807) is 7.11 Å². The highest BCUT2D eigenvalue weighted by molar-refractivity contribution is 5.81. The summed E-state index contributed by atoms with van der Waals surface area (Å²) in [5.74, 6) is 0.0307. The summed E-state index contributed by atoms with van der Waals surface area (Å²) in [6, 6.07) is 8.47. The van der Waals surface area contributed by atoms with Crippen molar-refractivity contribution in [1.29, 1.82) is 0 Å². The molecule has 0 saturated heterocycles. The highest BCUT2D eigenvalue weighted by Gasteiger charge is 2.15. The molecule has 1 aromatic rings. The van der Waals surface area contributed by atoms with Crippen molar-refractivity contribution < 1.29 is 9.53 Å². The van der Waals surface area contributed by atoms with Crippen LogP contribution >= 0.6 is 0 Å². The minimum absolute atomic E-state index is 0.0307. The molecule has 0 aliphatic rings. The van der Waals surface area contributed by atoms with Gasteiger partial charge in [-0.1, -0.05) is 31.2 Å². The van der Waals surface area contributed by atoms with Gasteiger partial charge in [0.25, 0.3) is 0 Å². The minimum Gasteiger partial charge on any atom is -0.385 e. The molecule has 0 fully saturated rings. The maximum absolute atomic E-state index is 12.0. The first kappa shape index (κ1) is 17.7. The monoisotopic (exact) mass is 292 g/mol. The molecule has 0 aromatic heterocycles. The number of benzene rings is 1. The van der Waals surface area contributed by atoms with Crippen LogP contribution in [0.5, 0.6) is 0 Å². The van der Waals surface area contributed by atoms with E-state index in [1.807, 2.05) is 6.92 Å². The van der Waals surface area contributed by atoms with Crippen LogP contribution in [-0.4, -0.2) is 32.2 Å². The van der Waals surface area contributed by atoms with Crippen LogP contribution in [0.15, 0.2) is 24.3 Å². The summed E-state index contributed by atoms with van der Waals surface area (Å²) in [6.45, 7) is 7.44. The molecule has 1 aromatic carbocycles. The fourth-order valence-electron chi connectivity index (χ4n) is 2.17. The molecule has 4 heteroatoms. The number of aryl methyl sites for hydroxylation is 1. The van der Waals surface area contributed by atoms with Crippen LogP contribution < -0.4 is 10.6 Å². The van der Waals surface area contributed by atoms with Gasteiger partial charge >= 0.3 is 0 Å². The summed E-state index contributed by atoms with van der Waals surface area (Å²) in [5, 5.41) is 6.24. The molecule has 1 rings (SSSR count). The number of ether oxygens (including phenoxy) is 1. The van der Waals surface area contributed by atoms with E-state index in [0.717, 1.165) is 12.8 Å². The van der Waals surface area contributed by atoms with Crippen molar-refractivity contribution in [2.24, 2.45) is 0 Å². The van der Waals surface area contributed by atoms with Crippen molar-refractivity contribution in [2.75, 3.05) is 20.3 Å². The maximum Gasteiger partial charge on any atom is 0.236 e. The Balaban J connectivity index is 2.41. The van der Waals surface area contributed by atoms with E-state index in [2.05, 4.69) is 48.7 Å². The predicted octanol–water partition coefficient (Wildman–Crippen LogP) is 2.44. The Kier molecular flexibility index (Phi) is 8.01. The van der Waals surface area contributed by atoms with Gasteiger partial charge in [0.05, 0.1) is 6.04 Å². The molecule has 0 spiro atoms. The van der Waals surface area contributed by atoms with Gasteiger partial charge in [-0.3, -0.25) is 10.1 Å². The van der Waals surface area contributed by atoms with Gasteiger partial charge in [0.1, 0.15) is 0 Å². The maximum atomic E-state index is 12.0. The molecule has 0 heterocycles. The lowest BCUT2D eigenvalue weighted by molar-refractivity contribution is -0.122. The number of carbonyl (C=O) groups is 1. The standard InChI is InChI=1S/C17H28N2O2/c1-5-15-7-9-16(10-8-15)13(2)19-14(3)17(20)18-11-6-12-21-4/h7-10,13-14,19H,5-6,11-12H2,1-4H3,(H,18,20). The van der Waals surface area contributed by atoms with Gasteiger partial charge in [0.15, 0.2) is 0 Å². The first-order chi connectivity index (χ1) is 10.1. The van der Waals surface area contributed by atoms with E-state index in [-0.39, 0.29) is 18.0 Å². The lowest BCUT2D eigenvalue weighted by atomic mass is 10.0. The van der Waals surface area contributed by atoms with Crippen molar-refractivity contribution in [3.05, 3.63) is 35.4 Å². The zero-order valence-corrected chi connectivity index (χ0v) is 13.6. The molecule has 0 aliphatic carbocycles. The third kappa shape index (κ3) is 6.27. The molecule has 0 bridgehead atoms. The molecule has 0 radical (unpaired) electrons. The third-order valence-electron chi connectivity index (χ3n) is 3.61. The Morgan fingerprint density at radius 2 is 1.90 bits per heavy atom. The van der Waals surface area contributed by atoms with Gasteiger partial charge in [0, 0.05) is 26.3 Å².